The minimum Gasteiger partial charge on any atom is -0.480 e. The number of rotatable bonds is 7. The van der Waals surface area contributed by atoms with Crippen molar-refractivity contribution in [2.75, 3.05) is 5.75 Å². The smallest absolute Gasteiger partial charge is 0.329 e. The highest BCUT2D eigenvalue weighted by Gasteiger charge is 2.41. The first-order valence-electron chi connectivity index (χ1n) is 6.63. The quantitative estimate of drug-likeness (QED) is 0.767. The number of hydrogen-bond donors (Lipinski definition) is 2. The largest absolute Gasteiger partial charge is 0.480 e. The molecule has 2 rings (SSSR count). The Balaban J connectivity index is 2.33. The molecular weight excluding hydrogens is 304 g/mol. The Morgan fingerprint density at radius 2 is 2.14 bits per heavy atom. The Morgan fingerprint density at radius 3 is 2.67 bits per heavy atom. The standard InChI is InChI=1S/C15H18N2O2S2/c1-11(2)17-15(13(18)19,12-6-4-3-5-7-12)10-21-14-16-8-9-20-14/h3-9,11,17H,10H2,1-2H3,(H,18,19). The van der Waals surface area contributed by atoms with E-state index < -0.39 is 11.5 Å². The Hall–Kier alpha value is -1.37. The first-order valence-corrected chi connectivity index (χ1v) is 8.50. The molecule has 2 N–H and O–H groups in total. The maximum atomic E-state index is 12.0. The molecule has 1 heterocycles. The van der Waals surface area contributed by atoms with Crippen LogP contribution in [0.3, 0.4) is 0 Å². The number of carboxylic acid groups (broad SMARTS) is 1. The van der Waals surface area contributed by atoms with Gasteiger partial charge in [0.2, 0.25) is 0 Å². The lowest BCUT2D eigenvalue weighted by Gasteiger charge is -2.32. The number of aliphatic carboxylic acids is 1. The molecule has 4 nitrogen and oxygen atoms in total. The zero-order chi connectivity index (χ0) is 15.3. The van der Waals surface area contributed by atoms with E-state index in [-0.39, 0.29) is 6.04 Å². The number of carboxylic acids is 1. The van der Waals surface area contributed by atoms with Gasteiger partial charge >= 0.3 is 5.97 Å². The molecule has 0 spiro atoms. The summed E-state index contributed by atoms with van der Waals surface area (Å²) in [6, 6.07) is 9.38. The third kappa shape index (κ3) is 3.84. The lowest BCUT2D eigenvalue weighted by Crippen LogP contribution is -2.54. The zero-order valence-corrected chi connectivity index (χ0v) is 13.6. The van der Waals surface area contributed by atoms with Crippen LogP contribution < -0.4 is 5.32 Å². The van der Waals surface area contributed by atoms with Crippen molar-refractivity contribution in [1.82, 2.24) is 10.3 Å². The van der Waals surface area contributed by atoms with Gasteiger partial charge in [-0.1, -0.05) is 42.1 Å². The van der Waals surface area contributed by atoms with Gasteiger partial charge in [0.1, 0.15) is 4.34 Å². The summed E-state index contributed by atoms with van der Waals surface area (Å²) in [6.45, 7) is 3.91. The molecular formula is C15H18N2O2S2. The molecule has 1 aromatic heterocycles. The van der Waals surface area contributed by atoms with Crippen molar-refractivity contribution in [2.24, 2.45) is 0 Å². The lowest BCUT2D eigenvalue weighted by atomic mass is 9.91. The topological polar surface area (TPSA) is 62.2 Å². The number of thiazole rings is 1. The minimum absolute atomic E-state index is 0.0539. The molecule has 6 heteroatoms. The first-order chi connectivity index (χ1) is 10.0. The molecule has 0 aliphatic carbocycles. The molecule has 1 aromatic carbocycles. The number of nitrogens with one attached hydrogen (secondary N) is 1. The second kappa shape index (κ2) is 7.06. The summed E-state index contributed by atoms with van der Waals surface area (Å²) in [5.41, 5.74) is -0.360. The molecule has 0 amide bonds. The van der Waals surface area contributed by atoms with Crippen molar-refractivity contribution in [1.29, 1.82) is 0 Å². The number of benzene rings is 1. The number of carbonyl (C=O) groups is 1. The maximum absolute atomic E-state index is 12.0. The van der Waals surface area contributed by atoms with E-state index in [1.807, 2.05) is 49.6 Å². The van der Waals surface area contributed by atoms with Crippen molar-refractivity contribution < 1.29 is 9.90 Å². The highest BCUT2D eigenvalue weighted by molar-refractivity contribution is 8.01. The summed E-state index contributed by atoms with van der Waals surface area (Å²) < 4.78 is 0.877. The number of aromatic nitrogens is 1. The van der Waals surface area contributed by atoms with Gasteiger partial charge < -0.3 is 5.11 Å². The molecule has 2 aromatic rings. The van der Waals surface area contributed by atoms with Crippen molar-refractivity contribution in [3.05, 3.63) is 47.5 Å². The van der Waals surface area contributed by atoms with Crippen LogP contribution >= 0.6 is 23.1 Å². The Labute approximate surface area is 132 Å². The highest BCUT2D eigenvalue weighted by Crippen LogP contribution is 2.31. The summed E-state index contributed by atoms with van der Waals surface area (Å²) in [5.74, 6) is -0.482. The highest BCUT2D eigenvalue weighted by atomic mass is 32.2. The van der Waals surface area contributed by atoms with Gasteiger partial charge in [0.05, 0.1) is 0 Å². The molecule has 1 unspecified atom stereocenters. The number of thioether (sulfide) groups is 1. The molecule has 0 saturated heterocycles. The Kier molecular flexibility index (Phi) is 5.39. The summed E-state index contributed by atoms with van der Waals surface area (Å²) in [7, 11) is 0. The molecule has 21 heavy (non-hydrogen) atoms. The van der Waals surface area contributed by atoms with E-state index in [1.54, 1.807) is 6.20 Å². The SMILES string of the molecule is CC(C)NC(CSc1nccs1)(C(=O)O)c1ccccc1. The zero-order valence-electron chi connectivity index (χ0n) is 11.9. The van der Waals surface area contributed by atoms with Gasteiger partial charge in [-0.05, 0) is 19.4 Å². The summed E-state index contributed by atoms with van der Waals surface area (Å²) in [5, 5.41) is 15.0. The van der Waals surface area contributed by atoms with Gasteiger partial charge in [-0.3, -0.25) is 5.32 Å². The van der Waals surface area contributed by atoms with E-state index in [9.17, 15) is 9.90 Å². The molecule has 1 atom stereocenters. The third-order valence-electron chi connectivity index (χ3n) is 2.99. The van der Waals surface area contributed by atoms with Gasteiger partial charge in [-0.15, -0.1) is 11.3 Å². The summed E-state index contributed by atoms with van der Waals surface area (Å²) >= 11 is 2.98. The fourth-order valence-electron chi connectivity index (χ4n) is 2.12. The van der Waals surface area contributed by atoms with E-state index in [2.05, 4.69) is 10.3 Å². The third-order valence-corrected chi connectivity index (χ3v) is 5.13. The van der Waals surface area contributed by atoms with Crippen molar-refractivity contribution in [2.45, 2.75) is 29.8 Å². The molecule has 0 bridgehead atoms. The minimum atomic E-state index is -1.12. The van der Waals surface area contributed by atoms with Crippen LogP contribution in [0.1, 0.15) is 19.4 Å². The van der Waals surface area contributed by atoms with Gasteiger partial charge in [0.25, 0.3) is 0 Å². The van der Waals surface area contributed by atoms with Gasteiger partial charge in [-0.2, -0.15) is 0 Å². The fourth-order valence-corrected chi connectivity index (χ4v) is 3.95. The molecule has 0 aliphatic heterocycles. The second-order valence-corrected chi connectivity index (χ2v) is 7.08. The monoisotopic (exact) mass is 322 g/mol. The predicted molar refractivity (Wildman–Crippen MR) is 86.9 cm³/mol. The van der Waals surface area contributed by atoms with E-state index >= 15 is 0 Å². The molecule has 0 fully saturated rings. The first kappa shape index (κ1) is 16.0. The van der Waals surface area contributed by atoms with Gasteiger partial charge in [0, 0.05) is 23.4 Å². The van der Waals surface area contributed by atoms with Crippen LogP contribution in [-0.4, -0.2) is 27.9 Å². The molecule has 112 valence electrons. The van der Waals surface area contributed by atoms with Crippen LogP contribution in [0, 0.1) is 0 Å². The van der Waals surface area contributed by atoms with Crippen molar-refractivity contribution in [3.63, 3.8) is 0 Å². The lowest BCUT2D eigenvalue weighted by molar-refractivity contribution is -0.144. The van der Waals surface area contributed by atoms with E-state index in [4.69, 9.17) is 0 Å². The average molecular weight is 322 g/mol. The fraction of sp³-hybridized carbons (Fsp3) is 0.333. The second-order valence-electron chi connectivity index (χ2n) is 4.96. The van der Waals surface area contributed by atoms with Crippen LogP contribution in [0.25, 0.3) is 0 Å². The molecule has 0 saturated carbocycles. The Morgan fingerprint density at radius 1 is 1.43 bits per heavy atom. The van der Waals surface area contributed by atoms with Crippen LogP contribution in [0.4, 0.5) is 0 Å². The number of hydrogen-bond acceptors (Lipinski definition) is 5. The van der Waals surface area contributed by atoms with Crippen LogP contribution in [0.15, 0.2) is 46.2 Å². The van der Waals surface area contributed by atoms with Crippen molar-refractivity contribution in [3.8, 4) is 0 Å². The van der Waals surface area contributed by atoms with E-state index in [1.165, 1.54) is 23.1 Å². The predicted octanol–water partition coefficient (Wildman–Crippen LogP) is 3.21. The molecule has 0 radical (unpaired) electrons. The molecule has 0 aliphatic rings. The Bertz CT molecular complexity index is 573. The summed E-state index contributed by atoms with van der Waals surface area (Å²) in [6.07, 6.45) is 1.73. The summed E-state index contributed by atoms with van der Waals surface area (Å²) in [4.78, 5) is 16.2. The van der Waals surface area contributed by atoms with Crippen molar-refractivity contribution >= 4 is 29.1 Å². The maximum Gasteiger partial charge on any atom is 0.329 e. The van der Waals surface area contributed by atoms with Gasteiger partial charge in [0.15, 0.2) is 5.54 Å². The van der Waals surface area contributed by atoms with Crippen LogP contribution in [0.2, 0.25) is 0 Å². The van der Waals surface area contributed by atoms with Crippen LogP contribution in [-0.2, 0) is 10.3 Å². The average Bonchev–Trinajstić information content (AvgIpc) is 2.97. The normalized spacial score (nSPS) is 14.0. The van der Waals surface area contributed by atoms with Gasteiger partial charge in [-0.25, -0.2) is 9.78 Å². The van der Waals surface area contributed by atoms with Crippen LogP contribution in [0.5, 0.6) is 0 Å². The number of nitrogens with zero attached hydrogens (tertiary/aromatic N) is 1. The van der Waals surface area contributed by atoms with E-state index in [0.29, 0.717) is 5.75 Å². The van der Waals surface area contributed by atoms with E-state index in [0.717, 1.165) is 9.90 Å².